The highest BCUT2D eigenvalue weighted by atomic mass is 15.2. The van der Waals surface area contributed by atoms with Gasteiger partial charge in [0.15, 0.2) is 0 Å². The third-order valence-electron chi connectivity index (χ3n) is 3.93. The molecule has 0 fully saturated rings. The molecule has 2 N–H and O–H groups in total. The zero-order valence-corrected chi connectivity index (χ0v) is 12.4. The molecule has 2 rings (SSSR count). The van der Waals surface area contributed by atoms with E-state index in [1.807, 2.05) is 0 Å². The molecular weight excluding hydrogens is 236 g/mol. The summed E-state index contributed by atoms with van der Waals surface area (Å²) in [7, 11) is 2.12. The van der Waals surface area contributed by atoms with Gasteiger partial charge in [-0.1, -0.05) is 20.3 Å². The van der Waals surface area contributed by atoms with Crippen LogP contribution in [0.25, 0.3) is 0 Å². The number of nitrogens with zero attached hydrogens (tertiary/aromatic N) is 3. The fraction of sp³-hybridized carbons (Fsp3) is 0.733. The lowest BCUT2D eigenvalue weighted by Gasteiger charge is -2.31. The normalized spacial score (nSPS) is 15.8. The van der Waals surface area contributed by atoms with Gasteiger partial charge >= 0.3 is 0 Å². The molecule has 0 aromatic carbocycles. The molecule has 0 amide bonds. The number of anilines is 1. The third kappa shape index (κ3) is 3.44. The van der Waals surface area contributed by atoms with Crippen molar-refractivity contribution in [3.05, 3.63) is 17.6 Å². The van der Waals surface area contributed by atoms with E-state index < -0.39 is 0 Å². The van der Waals surface area contributed by atoms with Crippen molar-refractivity contribution >= 4 is 5.82 Å². The van der Waals surface area contributed by atoms with E-state index in [9.17, 15) is 0 Å². The highest BCUT2D eigenvalue weighted by molar-refractivity contribution is 5.48. The average Bonchev–Trinajstić information content (AvgIpc) is 2.62. The molecule has 106 valence electrons. The largest absolute Gasteiger partial charge is 0.359 e. The van der Waals surface area contributed by atoms with Gasteiger partial charge in [-0.05, 0) is 37.6 Å². The molecule has 0 saturated carbocycles. The average molecular weight is 262 g/mol. The number of rotatable bonds is 4. The van der Waals surface area contributed by atoms with Crippen LogP contribution in [-0.4, -0.2) is 30.1 Å². The van der Waals surface area contributed by atoms with Gasteiger partial charge in [0.1, 0.15) is 12.1 Å². The molecule has 0 bridgehead atoms. The van der Waals surface area contributed by atoms with Crippen LogP contribution in [-0.2, 0) is 12.8 Å². The Morgan fingerprint density at radius 3 is 2.68 bits per heavy atom. The van der Waals surface area contributed by atoms with Crippen LogP contribution < -0.4 is 10.6 Å². The fourth-order valence-corrected chi connectivity index (χ4v) is 2.79. The second kappa shape index (κ2) is 5.87. The van der Waals surface area contributed by atoms with Crippen LogP contribution in [0, 0.1) is 5.41 Å². The minimum absolute atomic E-state index is 0.108. The Kier molecular flexibility index (Phi) is 4.40. The predicted molar refractivity (Wildman–Crippen MR) is 79.4 cm³/mol. The molecule has 4 heteroatoms. The lowest BCUT2D eigenvalue weighted by Crippen LogP contribution is -2.37. The number of aryl methyl sites for hydroxylation is 1. The summed E-state index contributed by atoms with van der Waals surface area (Å²) in [6, 6.07) is 0. The highest BCUT2D eigenvalue weighted by Gasteiger charge is 2.22. The number of hydrogen-bond donors (Lipinski definition) is 1. The molecule has 0 radical (unpaired) electrons. The van der Waals surface area contributed by atoms with Crippen molar-refractivity contribution in [2.45, 2.75) is 46.0 Å². The Morgan fingerprint density at radius 1 is 1.21 bits per heavy atom. The SMILES string of the molecule is CN(CC(C)(C)CN)c1ncnc2c1CCCCC2. The van der Waals surface area contributed by atoms with E-state index in [2.05, 4.69) is 35.8 Å². The van der Waals surface area contributed by atoms with Crippen LogP contribution in [0.2, 0.25) is 0 Å². The zero-order chi connectivity index (χ0) is 13.9. The fourth-order valence-electron chi connectivity index (χ4n) is 2.79. The maximum absolute atomic E-state index is 5.84. The van der Waals surface area contributed by atoms with Crippen molar-refractivity contribution in [1.82, 2.24) is 9.97 Å². The molecule has 0 atom stereocenters. The Balaban J connectivity index is 2.24. The van der Waals surface area contributed by atoms with E-state index in [1.54, 1.807) is 6.33 Å². The topological polar surface area (TPSA) is 55.0 Å². The summed E-state index contributed by atoms with van der Waals surface area (Å²) in [5.74, 6) is 1.11. The first-order valence-corrected chi connectivity index (χ1v) is 7.27. The summed E-state index contributed by atoms with van der Waals surface area (Å²) in [5.41, 5.74) is 8.55. The zero-order valence-electron chi connectivity index (χ0n) is 12.4. The summed E-state index contributed by atoms with van der Waals surface area (Å²) in [4.78, 5) is 11.3. The van der Waals surface area contributed by atoms with Gasteiger partial charge in [-0.15, -0.1) is 0 Å². The van der Waals surface area contributed by atoms with Gasteiger partial charge in [0, 0.05) is 24.8 Å². The van der Waals surface area contributed by atoms with Crippen LogP contribution in [0.3, 0.4) is 0 Å². The Morgan fingerprint density at radius 2 is 1.95 bits per heavy atom. The van der Waals surface area contributed by atoms with Crippen molar-refractivity contribution in [2.24, 2.45) is 11.1 Å². The van der Waals surface area contributed by atoms with E-state index >= 15 is 0 Å². The second-order valence-electron chi connectivity index (χ2n) is 6.41. The quantitative estimate of drug-likeness (QED) is 0.845. The molecule has 1 heterocycles. The van der Waals surface area contributed by atoms with Crippen LogP contribution in [0.5, 0.6) is 0 Å². The smallest absolute Gasteiger partial charge is 0.135 e. The summed E-state index contributed by atoms with van der Waals surface area (Å²) in [5, 5.41) is 0. The van der Waals surface area contributed by atoms with Crippen molar-refractivity contribution < 1.29 is 0 Å². The van der Waals surface area contributed by atoms with Gasteiger partial charge in [0.2, 0.25) is 0 Å². The van der Waals surface area contributed by atoms with Gasteiger partial charge in [-0.2, -0.15) is 0 Å². The number of fused-ring (bicyclic) bond motifs is 1. The first kappa shape index (κ1) is 14.3. The first-order chi connectivity index (χ1) is 9.03. The third-order valence-corrected chi connectivity index (χ3v) is 3.93. The van der Waals surface area contributed by atoms with Crippen molar-refractivity contribution in [1.29, 1.82) is 0 Å². The molecule has 1 aliphatic carbocycles. The summed E-state index contributed by atoms with van der Waals surface area (Å²) in [6.07, 6.45) is 7.72. The van der Waals surface area contributed by atoms with E-state index in [0.29, 0.717) is 6.54 Å². The van der Waals surface area contributed by atoms with E-state index in [1.165, 1.54) is 30.5 Å². The summed E-state index contributed by atoms with van der Waals surface area (Å²) in [6.45, 7) is 6.00. The maximum Gasteiger partial charge on any atom is 0.135 e. The van der Waals surface area contributed by atoms with Crippen molar-refractivity contribution in [2.75, 3.05) is 25.0 Å². The minimum Gasteiger partial charge on any atom is -0.359 e. The molecule has 1 aliphatic rings. The van der Waals surface area contributed by atoms with Gasteiger partial charge in [0.05, 0.1) is 0 Å². The molecule has 1 aromatic rings. The highest BCUT2D eigenvalue weighted by Crippen LogP contribution is 2.27. The van der Waals surface area contributed by atoms with Gasteiger partial charge in [-0.25, -0.2) is 9.97 Å². The standard InChI is InChI=1S/C15H26N4/c1-15(2,9-16)10-19(3)14-12-7-5-4-6-8-13(12)17-11-18-14/h11H,4-10,16H2,1-3H3. The van der Waals surface area contributed by atoms with Gasteiger partial charge < -0.3 is 10.6 Å². The lowest BCUT2D eigenvalue weighted by molar-refractivity contribution is 0.384. The summed E-state index contributed by atoms with van der Waals surface area (Å²) < 4.78 is 0. The van der Waals surface area contributed by atoms with E-state index in [4.69, 9.17) is 5.73 Å². The molecule has 0 saturated heterocycles. The van der Waals surface area contributed by atoms with Crippen LogP contribution in [0.4, 0.5) is 5.82 Å². The van der Waals surface area contributed by atoms with E-state index in [0.717, 1.165) is 25.2 Å². The monoisotopic (exact) mass is 262 g/mol. The molecule has 4 nitrogen and oxygen atoms in total. The van der Waals surface area contributed by atoms with Crippen LogP contribution >= 0.6 is 0 Å². The van der Waals surface area contributed by atoms with Crippen molar-refractivity contribution in [3.8, 4) is 0 Å². The summed E-state index contributed by atoms with van der Waals surface area (Å²) >= 11 is 0. The van der Waals surface area contributed by atoms with Crippen molar-refractivity contribution in [3.63, 3.8) is 0 Å². The molecular formula is C15H26N4. The number of nitrogens with two attached hydrogens (primary N) is 1. The Labute approximate surface area is 116 Å². The molecule has 0 unspecified atom stereocenters. The molecule has 1 aromatic heterocycles. The maximum atomic E-state index is 5.84. The lowest BCUT2D eigenvalue weighted by atomic mass is 9.93. The van der Waals surface area contributed by atoms with Gasteiger partial charge in [0.25, 0.3) is 0 Å². The molecule has 19 heavy (non-hydrogen) atoms. The second-order valence-corrected chi connectivity index (χ2v) is 6.41. The minimum atomic E-state index is 0.108. The predicted octanol–water partition coefficient (Wildman–Crippen LogP) is 2.17. The molecule has 0 spiro atoms. The Hall–Kier alpha value is -1.16. The van der Waals surface area contributed by atoms with Crippen LogP contribution in [0.1, 0.15) is 44.4 Å². The Bertz CT molecular complexity index is 428. The van der Waals surface area contributed by atoms with E-state index in [-0.39, 0.29) is 5.41 Å². The van der Waals surface area contributed by atoms with Gasteiger partial charge in [-0.3, -0.25) is 0 Å². The van der Waals surface area contributed by atoms with Crippen LogP contribution in [0.15, 0.2) is 6.33 Å². The number of hydrogen-bond acceptors (Lipinski definition) is 4. The first-order valence-electron chi connectivity index (χ1n) is 7.27. The molecule has 0 aliphatic heterocycles. The number of aromatic nitrogens is 2.